The molecular weight excluding hydrogens is 252 g/mol. The predicted octanol–water partition coefficient (Wildman–Crippen LogP) is -0.682. The zero-order valence-corrected chi connectivity index (χ0v) is 11.2. The van der Waals surface area contributed by atoms with E-state index in [9.17, 15) is 14.4 Å². The molecule has 2 unspecified atom stereocenters. The van der Waals surface area contributed by atoms with Gasteiger partial charge >= 0.3 is 5.97 Å². The zero-order chi connectivity index (χ0) is 14.4. The molecule has 0 aromatic carbocycles. The van der Waals surface area contributed by atoms with Crippen LogP contribution in [0.15, 0.2) is 0 Å². The third-order valence-electron chi connectivity index (χ3n) is 3.03. The Labute approximate surface area is 111 Å². The molecule has 2 amide bonds. The molecule has 0 bridgehead atoms. The fourth-order valence-corrected chi connectivity index (χ4v) is 1.82. The first-order valence-electron chi connectivity index (χ1n) is 6.20. The van der Waals surface area contributed by atoms with Crippen molar-refractivity contribution in [2.45, 2.75) is 12.8 Å². The average Bonchev–Trinajstić information content (AvgIpc) is 3.13. The number of methoxy groups -OCH3 is 1. The van der Waals surface area contributed by atoms with Gasteiger partial charge in [-0.1, -0.05) is 0 Å². The highest BCUT2D eigenvalue weighted by atomic mass is 16.5. The van der Waals surface area contributed by atoms with Crippen molar-refractivity contribution in [3.8, 4) is 0 Å². The summed E-state index contributed by atoms with van der Waals surface area (Å²) < 4.78 is 4.85. The third kappa shape index (κ3) is 4.86. The van der Waals surface area contributed by atoms with Crippen LogP contribution in [0.3, 0.4) is 0 Å². The van der Waals surface area contributed by atoms with E-state index in [0.717, 1.165) is 0 Å². The minimum absolute atomic E-state index is 0.0470. The summed E-state index contributed by atoms with van der Waals surface area (Å²) in [6.45, 7) is 1.02. The largest absolute Gasteiger partial charge is 0.481 e. The Morgan fingerprint density at radius 3 is 2.58 bits per heavy atom. The zero-order valence-electron chi connectivity index (χ0n) is 11.2. The van der Waals surface area contributed by atoms with E-state index in [1.165, 1.54) is 11.9 Å². The van der Waals surface area contributed by atoms with Gasteiger partial charge in [0, 0.05) is 27.3 Å². The molecule has 19 heavy (non-hydrogen) atoms. The fraction of sp³-hybridized carbons (Fsp3) is 0.750. The summed E-state index contributed by atoms with van der Waals surface area (Å²) in [6.07, 6.45) is 1.08. The molecule has 0 aromatic heterocycles. The van der Waals surface area contributed by atoms with Crippen molar-refractivity contribution in [2.75, 3.05) is 33.9 Å². The maximum Gasteiger partial charge on any atom is 0.307 e. The molecule has 1 fully saturated rings. The van der Waals surface area contributed by atoms with Crippen molar-refractivity contribution in [1.29, 1.82) is 0 Å². The van der Waals surface area contributed by atoms with Gasteiger partial charge in [-0.3, -0.25) is 14.4 Å². The predicted molar refractivity (Wildman–Crippen MR) is 66.4 cm³/mol. The Bertz CT molecular complexity index is 358. The number of carbonyl (C=O) groups is 3. The summed E-state index contributed by atoms with van der Waals surface area (Å²) in [5.41, 5.74) is 0. The molecule has 0 radical (unpaired) electrons. The highest BCUT2D eigenvalue weighted by molar-refractivity contribution is 5.91. The lowest BCUT2D eigenvalue weighted by Crippen LogP contribution is -2.39. The van der Waals surface area contributed by atoms with Crippen LogP contribution in [0.2, 0.25) is 0 Å². The lowest BCUT2D eigenvalue weighted by Gasteiger charge is -2.16. The van der Waals surface area contributed by atoms with Gasteiger partial charge < -0.3 is 20.1 Å². The second kappa shape index (κ2) is 7.08. The van der Waals surface area contributed by atoms with Gasteiger partial charge in [-0.2, -0.15) is 0 Å². The highest BCUT2D eigenvalue weighted by Crippen LogP contribution is 2.39. The highest BCUT2D eigenvalue weighted by Gasteiger charge is 2.49. The average molecular weight is 272 g/mol. The van der Waals surface area contributed by atoms with E-state index in [-0.39, 0.29) is 18.4 Å². The van der Waals surface area contributed by atoms with Gasteiger partial charge in [0.1, 0.15) is 0 Å². The smallest absolute Gasteiger partial charge is 0.307 e. The Morgan fingerprint density at radius 1 is 1.37 bits per heavy atom. The van der Waals surface area contributed by atoms with Gasteiger partial charge in [0.2, 0.25) is 11.8 Å². The number of amides is 2. The van der Waals surface area contributed by atoms with E-state index in [0.29, 0.717) is 26.0 Å². The van der Waals surface area contributed by atoms with Crippen LogP contribution in [0.4, 0.5) is 0 Å². The summed E-state index contributed by atoms with van der Waals surface area (Å²) in [6, 6.07) is 0. The molecule has 0 spiro atoms. The molecule has 0 aromatic rings. The summed E-state index contributed by atoms with van der Waals surface area (Å²) in [7, 11) is 3.09. The van der Waals surface area contributed by atoms with E-state index in [1.54, 1.807) is 7.11 Å². The number of carboxylic acid groups (broad SMARTS) is 1. The van der Waals surface area contributed by atoms with E-state index >= 15 is 0 Å². The van der Waals surface area contributed by atoms with Crippen LogP contribution in [-0.4, -0.2) is 61.6 Å². The molecule has 2 N–H and O–H groups in total. The molecule has 1 saturated carbocycles. The van der Waals surface area contributed by atoms with Crippen LogP contribution in [0, 0.1) is 11.8 Å². The summed E-state index contributed by atoms with van der Waals surface area (Å²) >= 11 is 0. The lowest BCUT2D eigenvalue weighted by atomic mass is 10.3. The molecule has 0 aliphatic heterocycles. The van der Waals surface area contributed by atoms with Gasteiger partial charge in [0.15, 0.2) is 0 Å². The minimum Gasteiger partial charge on any atom is -0.481 e. The lowest BCUT2D eigenvalue weighted by molar-refractivity contribution is -0.142. The Morgan fingerprint density at radius 2 is 2.05 bits per heavy atom. The number of hydrogen-bond donors (Lipinski definition) is 2. The van der Waals surface area contributed by atoms with E-state index in [1.807, 2.05) is 0 Å². The fourth-order valence-electron chi connectivity index (χ4n) is 1.82. The molecule has 1 aliphatic carbocycles. The number of rotatable bonds is 8. The molecular formula is C12H20N2O5. The molecule has 7 nitrogen and oxygen atoms in total. The molecule has 0 saturated heterocycles. The Hall–Kier alpha value is -1.63. The molecule has 2 atom stereocenters. The topological polar surface area (TPSA) is 95.9 Å². The monoisotopic (exact) mass is 272 g/mol. The van der Waals surface area contributed by atoms with Gasteiger partial charge in [-0.05, 0) is 12.8 Å². The quantitative estimate of drug-likeness (QED) is 0.571. The number of carboxylic acids is 1. The van der Waals surface area contributed by atoms with Gasteiger partial charge in [-0.25, -0.2) is 0 Å². The van der Waals surface area contributed by atoms with Gasteiger partial charge in [-0.15, -0.1) is 0 Å². The third-order valence-corrected chi connectivity index (χ3v) is 3.03. The molecule has 108 valence electrons. The van der Waals surface area contributed by atoms with Crippen molar-refractivity contribution in [3.05, 3.63) is 0 Å². The number of carbonyl (C=O) groups excluding carboxylic acids is 2. The number of nitrogens with one attached hydrogen (secondary N) is 1. The molecule has 7 heteroatoms. The first-order chi connectivity index (χ1) is 8.97. The summed E-state index contributed by atoms with van der Waals surface area (Å²) in [5, 5.41) is 11.4. The molecule has 0 heterocycles. The van der Waals surface area contributed by atoms with Crippen LogP contribution in [0.5, 0.6) is 0 Å². The second-order valence-electron chi connectivity index (χ2n) is 4.68. The van der Waals surface area contributed by atoms with Crippen molar-refractivity contribution < 1.29 is 24.2 Å². The minimum atomic E-state index is -0.948. The number of aliphatic carboxylic acids is 1. The molecule has 1 rings (SSSR count). The number of likely N-dealkylation sites (N-methyl/N-ethyl adjacent to an activating group) is 1. The van der Waals surface area contributed by atoms with Crippen LogP contribution >= 0.6 is 0 Å². The second-order valence-corrected chi connectivity index (χ2v) is 4.68. The Kier molecular flexibility index (Phi) is 5.75. The standard InChI is InChI=1S/C12H20N2O5/c1-14(7-10(15)13-4-3-5-19-2)11(16)8-6-9(8)12(17)18/h8-9H,3-7H2,1-2H3,(H,13,15)(H,17,18). The number of ether oxygens (including phenoxy) is 1. The Balaban J connectivity index is 2.23. The van der Waals surface area contributed by atoms with Crippen molar-refractivity contribution in [2.24, 2.45) is 11.8 Å². The first kappa shape index (κ1) is 15.4. The van der Waals surface area contributed by atoms with Crippen molar-refractivity contribution >= 4 is 17.8 Å². The van der Waals surface area contributed by atoms with E-state index in [2.05, 4.69) is 5.32 Å². The molecule has 1 aliphatic rings. The van der Waals surface area contributed by atoms with Crippen LogP contribution in [0.25, 0.3) is 0 Å². The van der Waals surface area contributed by atoms with Crippen molar-refractivity contribution in [1.82, 2.24) is 10.2 Å². The maximum atomic E-state index is 11.8. The van der Waals surface area contributed by atoms with Crippen LogP contribution in [0.1, 0.15) is 12.8 Å². The van der Waals surface area contributed by atoms with Crippen molar-refractivity contribution in [3.63, 3.8) is 0 Å². The maximum absolute atomic E-state index is 11.8. The van der Waals surface area contributed by atoms with E-state index in [4.69, 9.17) is 9.84 Å². The normalized spacial score (nSPS) is 20.7. The van der Waals surface area contributed by atoms with E-state index < -0.39 is 17.8 Å². The van der Waals surface area contributed by atoms with Crippen LogP contribution in [-0.2, 0) is 19.1 Å². The first-order valence-corrected chi connectivity index (χ1v) is 6.20. The summed E-state index contributed by atoms with van der Waals surface area (Å²) in [5.74, 6) is -2.53. The van der Waals surface area contributed by atoms with Crippen LogP contribution < -0.4 is 5.32 Å². The summed E-state index contributed by atoms with van der Waals surface area (Å²) in [4.78, 5) is 35.3. The SMILES string of the molecule is COCCCNC(=O)CN(C)C(=O)C1CC1C(=O)O. The van der Waals surface area contributed by atoms with Gasteiger partial charge in [0.05, 0.1) is 18.4 Å². The number of hydrogen-bond acceptors (Lipinski definition) is 4. The number of nitrogens with zero attached hydrogens (tertiary/aromatic N) is 1. The van der Waals surface area contributed by atoms with Gasteiger partial charge in [0.25, 0.3) is 0 Å².